The Morgan fingerprint density at radius 2 is 1.67 bits per heavy atom. The fourth-order valence-electron chi connectivity index (χ4n) is 2.23. The van der Waals surface area contributed by atoms with E-state index in [2.05, 4.69) is 6.58 Å². The van der Waals surface area contributed by atoms with E-state index in [0.29, 0.717) is 11.1 Å². The van der Waals surface area contributed by atoms with Gasteiger partial charge in [0.1, 0.15) is 0 Å². The molecule has 0 aromatic heterocycles. The van der Waals surface area contributed by atoms with Crippen LogP contribution in [0.1, 0.15) is 30.5 Å². The molecule has 1 aromatic rings. The van der Waals surface area contributed by atoms with Gasteiger partial charge in [-0.2, -0.15) is 26.3 Å². The highest BCUT2D eigenvalue weighted by molar-refractivity contribution is 5.39. The van der Waals surface area contributed by atoms with Crippen LogP contribution in [-0.2, 0) is 12.6 Å². The van der Waals surface area contributed by atoms with E-state index < -0.39 is 23.5 Å². The van der Waals surface area contributed by atoms with E-state index in [9.17, 15) is 26.3 Å². The summed E-state index contributed by atoms with van der Waals surface area (Å²) in [6.07, 6.45) is -7.00. The van der Waals surface area contributed by atoms with Crippen molar-refractivity contribution < 1.29 is 26.3 Å². The highest BCUT2D eigenvalue weighted by Gasteiger charge is 2.34. The molecule has 0 atom stereocenters. The Balaban J connectivity index is 3.20. The van der Waals surface area contributed by atoms with Crippen molar-refractivity contribution in [3.63, 3.8) is 0 Å². The molecule has 0 amide bonds. The molecule has 0 nitrogen and oxygen atoms in total. The molecule has 0 bridgehead atoms. The van der Waals surface area contributed by atoms with Gasteiger partial charge < -0.3 is 0 Å². The van der Waals surface area contributed by atoms with Crippen LogP contribution in [0.2, 0.25) is 0 Å². The molecule has 0 saturated carbocycles. The van der Waals surface area contributed by atoms with E-state index in [0.717, 1.165) is 18.2 Å². The van der Waals surface area contributed by atoms with Crippen molar-refractivity contribution in [3.05, 3.63) is 70.3 Å². The predicted molar refractivity (Wildman–Crippen MR) is 82.6 cm³/mol. The minimum atomic E-state index is -4.55. The van der Waals surface area contributed by atoms with Gasteiger partial charge in [0.15, 0.2) is 0 Å². The normalized spacial score (nSPS) is 14.5. The third-order valence-electron chi connectivity index (χ3n) is 3.52. The Morgan fingerprint density at radius 1 is 1.08 bits per heavy atom. The van der Waals surface area contributed by atoms with Crippen LogP contribution in [-0.4, -0.2) is 6.18 Å². The number of halogens is 6. The lowest BCUT2D eigenvalue weighted by Crippen LogP contribution is -2.12. The molecule has 0 heterocycles. The average Bonchev–Trinajstić information content (AvgIpc) is 2.43. The first kappa shape index (κ1) is 20.1. The quantitative estimate of drug-likeness (QED) is 0.426. The number of aryl methyl sites for hydroxylation is 1. The standard InChI is InChI=1S/C18H18F6/c1-5-12(3)15(17(19,20)21)9-11(2)8-14-7-6-13(4)16(10-14)18(22,23)24/h5-7,9-10H,1,8H2,2-4H3/b11-9+,15-12+. The Hall–Kier alpha value is -1.98. The topological polar surface area (TPSA) is 0 Å². The second kappa shape index (κ2) is 7.28. The first-order valence-electron chi connectivity index (χ1n) is 7.10. The largest absolute Gasteiger partial charge is 0.416 e. The molecule has 0 N–H and O–H groups in total. The molecule has 0 aliphatic heterocycles. The summed E-state index contributed by atoms with van der Waals surface area (Å²) in [6, 6.07) is 3.78. The molecule has 0 aliphatic carbocycles. The zero-order chi connectivity index (χ0) is 18.7. The molecule has 132 valence electrons. The maximum absolute atomic E-state index is 13.0. The summed E-state index contributed by atoms with van der Waals surface area (Å²) in [5, 5.41) is 0. The van der Waals surface area contributed by atoms with Gasteiger partial charge in [-0.1, -0.05) is 36.4 Å². The first-order valence-corrected chi connectivity index (χ1v) is 7.10. The summed E-state index contributed by atoms with van der Waals surface area (Å²) < 4.78 is 77.8. The molecule has 1 rings (SSSR count). The molecule has 0 aliphatic rings. The number of allylic oxidation sites excluding steroid dienone is 5. The van der Waals surface area contributed by atoms with Crippen molar-refractivity contribution in [2.45, 2.75) is 39.5 Å². The van der Waals surface area contributed by atoms with Crippen LogP contribution in [0.15, 0.2) is 53.6 Å². The lowest BCUT2D eigenvalue weighted by atomic mass is 9.98. The average molecular weight is 348 g/mol. The van der Waals surface area contributed by atoms with Crippen molar-refractivity contribution >= 4 is 0 Å². The molecule has 0 spiro atoms. The maximum atomic E-state index is 13.0. The van der Waals surface area contributed by atoms with Gasteiger partial charge in [0.2, 0.25) is 0 Å². The van der Waals surface area contributed by atoms with Crippen LogP contribution in [0.5, 0.6) is 0 Å². The van der Waals surface area contributed by atoms with Crippen molar-refractivity contribution in [3.8, 4) is 0 Å². The molecule has 0 unspecified atom stereocenters. The van der Waals surface area contributed by atoms with Crippen molar-refractivity contribution in [2.75, 3.05) is 0 Å². The monoisotopic (exact) mass is 348 g/mol. The number of rotatable bonds is 4. The maximum Gasteiger partial charge on any atom is 0.416 e. The van der Waals surface area contributed by atoms with Gasteiger partial charge in [0, 0.05) is 0 Å². The minimum Gasteiger partial charge on any atom is -0.166 e. The highest BCUT2D eigenvalue weighted by Crippen LogP contribution is 2.34. The zero-order valence-electron chi connectivity index (χ0n) is 13.6. The van der Waals surface area contributed by atoms with E-state index in [1.54, 1.807) is 0 Å². The molecular formula is C18H18F6. The fraction of sp³-hybridized carbons (Fsp3) is 0.333. The number of hydrogen-bond donors (Lipinski definition) is 0. The summed E-state index contributed by atoms with van der Waals surface area (Å²) >= 11 is 0. The zero-order valence-corrected chi connectivity index (χ0v) is 13.6. The van der Waals surface area contributed by atoms with Crippen LogP contribution in [0.25, 0.3) is 0 Å². The fourth-order valence-corrected chi connectivity index (χ4v) is 2.23. The second-order valence-electron chi connectivity index (χ2n) is 5.61. The van der Waals surface area contributed by atoms with Gasteiger partial charge in [0.05, 0.1) is 11.1 Å². The van der Waals surface area contributed by atoms with Gasteiger partial charge in [-0.25, -0.2) is 0 Å². The lowest BCUT2D eigenvalue weighted by Gasteiger charge is -2.14. The minimum absolute atomic E-state index is 0.00658. The lowest BCUT2D eigenvalue weighted by molar-refractivity contribution is -0.138. The number of alkyl halides is 6. The van der Waals surface area contributed by atoms with Gasteiger partial charge in [-0.05, 0) is 50.0 Å². The van der Waals surface area contributed by atoms with E-state index in [1.807, 2.05) is 0 Å². The summed E-state index contributed by atoms with van der Waals surface area (Å²) in [4.78, 5) is 0. The van der Waals surface area contributed by atoms with Crippen LogP contribution in [0, 0.1) is 6.92 Å². The molecule has 24 heavy (non-hydrogen) atoms. The summed E-state index contributed by atoms with van der Waals surface area (Å²) in [5.74, 6) is 0. The second-order valence-corrected chi connectivity index (χ2v) is 5.61. The molecular weight excluding hydrogens is 330 g/mol. The summed E-state index contributed by atoms with van der Waals surface area (Å²) in [5.41, 5.74) is -0.979. The van der Waals surface area contributed by atoms with Crippen molar-refractivity contribution in [1.29, 1.82) is 0 Å². The molecule has 0 radical (unpaired) electrons. The molecule has 1 aromatic carbocycles. The highest BCUT2D eigenvalue weighted by atomic mass is 19.4. The predicted octanol–water partition coefficient (Wildman–Crippen LogP) is 6.57. The van der Waals surface area contributed by atoms with Crippen LogP contribution >= 0.6 is 0 Å². The Labute approximate surface area is 137 Å². The van der Waals surface area contributed by atoms with Gasteiger partial charge in [-0.15, -0.1) is 0 Å². The van der Waals surface area contributed by atoms with E-state index in [4.69, 9.17) is 0 Å². The Bertz CT molecular complexity index is 672. The SMILES string of the molecule is C=C/C(C)=C(\C=C(/C)Cc1ccc(C)c(C(F)(F)F)c1)C(F)(F)F. The molecule has 0 saturated heterocycles. The third kappa shape index (κ3) is 5.28. The number of hydrogen-bond acceptors (Lipinski definition) is 0. The van der Waals surface area contributed by atoms with Crippen molar-refractivity contribution in [1.82, 2.24) is 0 Å². The summed E-state index contributed by atoms with van der Waals surface area (Å²) in [7, 11) is 0. The first-order chi connectivity index (χ1) is 10.9. The van der Waals surface area contributed by atoms with E-state index in [-0.39, 0.29) is 17.6 Å². The van der Waals surface area contributed by atoms with Gasteiger partial charge >= 0.3 is 12.4 Å². The van der Waals surface area contributed by atoms with Crippen molar-refractivity contribution in [2.24, 2.45) is 0 Å². The summed E-state index contributed by atoms with van der Waals surface area (Å²) in [6.45, 7) is 7.40. The van der Waals surface area contributed by atoms with Gasteiger partial charge in [-0.3, -0.25) is 0 Å². The van der Waals surface area contributed by atoms with Crippen LogP contribution < -0.4 is 0 Å². The third-order valence-corrected chi connectivity index (χ3v) is 3.52. The molecule has 0 fully saturated rings. The molecule has 6 heteroatoms. The van der Waals surface area contributed by atoms with Gasteiger partial charge in [0.25, 0.3) is 0 Å². The number of benzene rings is 1. The Kier molecular flexibility index (Phi) is 6.09. The van der Waals surface area contributed by atoms with Crippen LogP contribution in [0.4, 0.5) is 26.3 Å². The van der Waals surface area contributed by atoms with E-state index >= 15 is 0 Å². The smallest absolute Gasteiger partial charge is 0.166 e. The Morgan fingerprint density at radius 3 is 2.12 bits per heavy atom. The van der Waals surface area contributed by atoms with Crippen LogP contribution in [0.3, 0.4) is 0 Å². The van der Waals surface area contributed by atoms with E-state index in [1.165, 1.54) is 32.9 Å².